The number of nitrogens with one attached hydrogen (secondary N) is 1. The molecular weight excluding hydrogens is 242 g/mol. The molecule has 0 aliphatic carbocycles. The number of carbonyl (C=O) groups excluding carboxylic acids is 1. The highest BCUT2D eigenvalue weighted by molar-refractivity contribution is 7.99. The first kappa shape index (κ1) is 14.1. The van der Waals surface area contributed by atoms with Crippen molar-refractivity contribution in [3.05, 3.63) is 0 Å². The molecule has 17 heavy (non-hydrogen) atoms. The van der Waals surface area contributed by atoms with E-state index in [0.29, 0.717) is 18.2 Å². The van der Waals surface area contributed by atoms with Gasteiger partial charge in [0.25, 0.3) is 0 Å². The van der Waals surface area contributed by atoms with E-state index in [-0.39, 0.29) is 6.03 Å². The van der Waals surface area contributed by atoms with E-state index in [2.05, 4.69) is 5.32 Å². The second-order valence-electron chi connectivity index (χ2n) is 4.21. The summed E-state index contributed by atoms with van der Waals surface area (Å²) in [6, 6.07) is -0.963. The summed E-state index contributed by atoms with van der Waals surface area (Å²) in [5, 5.41) is 11.7. The molecule has 7 heteroatoms. The number of carboxylic acids is 1. The Morgan fingerprint density at radius 3 is 2.82 bits per heavy atom. The van der Waals surface area contributed by atoms with E-state index in [9.17, 15) is 9.59 Å². The molecule has 1 atom stereocenters. The fourth-order valence-corrected chi connectivity index (χ4v) is 2.68. The fourth-order valence-electron chi connectivity index (χ4n) is 1.54. The van der Waals surface area contributed by atoms with Crippen LogP contribution in [0, 0.1) is 0 Å². The molecule has 1 unspecified atom stereocenters. The fraction of sp³-hybridized carbons (Fsp3) is 0.800. The molecule has 2 amide bonds. The van der Waals surface area contributed by atoms with Gasteiger partial charge in [0.1, 0.15) is 6.04 Å². The van der Waals surface area contributed by atoms with Crippen LogP contribution in [-0.2, 0) is 4.79 Å². The van der Waals surface area contributed by atoms with E-state index < -0.39 is 12.0 Å². The number of carboxylic acid groups (broad SMARTS) is 1. The van der Waals surface area contributed by atoms with E-state index in [1.807, 2.05) is 19.0 Å². The average Bonchev–Trinajstić information content (AvgIpc) is 2.72. The summed E-state index contributed by atoms with van der Waals surface area (Å²) in [4.78, 5) is 26.0. The van der Waals surface area contributed by atoms with Gasteiger partial charge in [-0.25, -0.2) is 9.59 Å². The van der Waals surface area contributed by atoms with Crippen molar-refractivity contribution in [1.82, 2.24) is 15.1 Å². The highest BCUT2D eigenvalue weighted by atomic mass is 32.2. The Labute approximate surface area is 105 Å². The summed E-state index contributed by atoms with van der Waals surface area (Å²) in [7, 11) is 3.94. The van der Waals surface area contributed by atoms with Gasteiger partial charge in [0.2, 0.25) is 0 Å². The van der Waals surface area contributed by atoms with Gasteiger partial charge in [-0.1, -0.05) is 0 Å². The zero-order valence-electron chi connectivity index (χ0n) is 10.2. The highest BCUT2D eigenvalue weighted by Gasteiger charge is 2.34. The van der Waals surface area contributed by atoms with Crippen molar-refractivity contribution in [2.45, 2.75) is 12.5 Å². The number of carbonyl (C=O) groups is 2. The lowest BCUT2D eigenvalue weighted by Crippen LogP contribution is -2.47. The average molecular weight is 261 g/mol. The Kier molecular flexibility index (Phi) is 5.57. The van der Waals surface area contributed by atoms with E-state index in [4.69, 9.17) is 5.11 Å². The minimum absolute atomic E-state index is 0.277. The molecule has 0 aromatic rings. The minimum atomic E-state index is -0.932. The Balaban J connectivity index is 2.29. The van der Waals surface area contributed by atoms with Crippen LogP contribution in [0.25, 0.3) is 0 Å². The Bertz CT molecular complexity index is 286. The van der Waals surface area contributed by atoms with Crippen LogP contribution in [0.3, 0.4) is 0 Å². The third-order valence-corrected chi connectivity index (χ3v) is 3.50. The SMILES string of the molecule is CN(C)CCCNC(=O)N1CSCC1C(=O)O. The van der Waals surface area contributed by atoms with Gasteiger partial charge in [-0.2, -0.15) is 0 Å². The predicted molar refractivity (Wildman–Crippen MR) is 67.2 cm³/mol. The molecule has 2 N–H and O–H groups in total. The molecule has 1 saturated heterocycles. The predicted octanol–water partition coefficient (Wildman–Crippen LogP) is 0.107. The summed E-state index contributed by atoms with van der Waals surface area (Å²) in [5.41, 5.74) is 0. The van der Waals surface area contributed by atoms with Crippen molar-refractivity contribution in [1.29, 1.82) is 0 Å². The van der Waals surface area contributed by atoms with Crippen LogP contribution in [0.5, 0.6) is 0 Å². The molecule has 1 rings (SSSR count). The van der Waals surface area contributed by atoms with Crippen LogP contribution >= 0.6 is 11.8 Å². The number of rotatable bonds is 5. The standard InChI is InChI=1S/C10H19N3O3S/c1-12(2)5-3-4-11-10(16)13-7-17-6-8(13)9(14)15/h8H,3-7H2,1-2H3,(H,11,16)(H,14,15). The van der Waals surface area contributed by atoms with Crippen molar-refractivity contribution in [2.75, 3.05) is 38.8 Å². The van der Waals surface area contributed by atoms with E-state index in [1.165, 1.54) is 16.7 Å². The van der Waals surface area contributed by atoms with Crippen LogP contribution in [0.2, 0.25) is 0 Å². The van der Waals surface area contributed by atoms with Crippen molar-refractivity contribution < 1.29 is 14.7 Å². The van der Waals surface area contributed by atoms with Crippen LogP contribution in [0.4, 0.5) is 4.79 Å². The molecule has 6 nitrogen and oxygen atoms in total. The lowest BCUT2D eigenvalue weighted by atomic mass is 10.3. The summed E-state index contributed by atoms with van der Waals surface area (Å²) in [5.74, 6) is -0.00449. The number of nitrogens with zero attached hydrogens (tertiary/aromatic N) is 2. The van der Waals surface area contributed by atoms with Crippen LogP contribution in [0.1, 0.15) is 6.42 Å². The number of amides is 2. The molecule has 0 radical (unpaired) electrons. The van der Waals surface area contributed by atoms with Gasteiger partial charge in [-0.3, -0.25) is 0 Å². The molecule has 1 fully saturated rings. The Hall–Kier alpha value is -0.950. The minimum Gasteiger partial charge on any atom is -0.480 e. The molecule has 1 aliphatic heterocycles. The van der Waals surface area contributed by atoms with Crippen molar-refractivity contribution >= 4 is 23.8 Å². The number of aliphatic carboxylic acids is 1. The molecule has 0 bridgehead atoms. The second-order valence-corrected chi connectivity index (χ2v) is 5.21. The van der Waals surface area contributed by atoms with Gasteiger partial charge in [-0.05, 0) is 27.1 Å². The van der Waals surface area contributed by atoms with E-state index in [0.717, 1.165) is 13.0 Å². The lowest BCUT2D eigenvalue weighted by molar-refractivity contribution is -0.140. The third-order valence-electron chi connectivity index (χ3n) is 2.49. The molecule has 0 saturated carbocycles. The van der Waals surface area contributed by atoms with Crippen LogP contribution in [-0.4, -0.2) is 71.8 Å². The van der Waals surface area contributed by atoms with E-state index >= 15 is 0 Å². The maximum atomic E-state index is 11.7. The molecule has 98 valence electrons. The molecular formula is C10H19N3O3S. The molecule has 0 aromatic heterocycles. The van der Waals surface area contributed by atoms with Crippen molar-refractivity contribution in [3.63, 3.8) is 0 Å². The first-order chi connectivity index (χ1) is 8.02. The summed E-state index contributed by atoms with van der Waals surface area (Å²) in [6.45, 7) is 1.47. The van der Waals surface area contributed by atoms with Crippen LogP contribution < -0.4 is 5.32 Å². The summed E-state index contributed by atoms with van der Waals surface area (Å²) in [6.07, 6.45) is 0.859. The summed E-state index contributed by atoms with van der Waals surface area (Å²) >= 11 is 1.47. The molecule has 1 aliphatic rings. The Morgan fingerprint density at radius 1 is 1.53 bits per heavy atom. The van der Waals surface area contributed by atoms with Gasteiger partial charge in [0.15, 0.2) is 0 Å². The van der Waals surface area contributed by atoms with Gasteiger partial charge in [0.05, 0.1) is 5.88 Å². The maximum absolute atomic E-state index is 11.7. The monoisotopic (exact) mass is 261 g/mol. The van der Waals surface area contributed by atoms with Gasteiger partial charge >= 0.3 is 12.0 Å². The third kappa shape index (κ3) is 4.43. The zero-order valence-corrected chi connectivity index (χ0v) is 11.0. The zero-order chi connectivity index (χ0) is 12.8. The van der Waals surface area contributed by atoms with E-state index in [1.54, 1.807) is 0 Å². The highest BCUT2D eigenvalue weighted by Crippen LogP contribution is 2.20. The lowest BCUT2D eigenvalue weighted by Gasteiger charge is -2.21. The number of hydrogen-bond donors (Lipinski definition) is 2. The normalized spacial score (nSPS) is 19.7. The summed E-state index contributed by atoms with van der Waals surface area (Å²) < 4.78 is 0. The van der Waals surface area contributed by atoms with Gasteiger partial charge in [0, 0.05) is 12.3 Å². The van der Waals surface area contributed by atoms with Gasteiger partial charge < -0.3 is 20.2 Å². The molecule has 1 heterocycles. The maximum Gasteiger partial charge on any atom is 0.327 e. The first-order valence-electron chi connectivity index (χ1n) is 5.52. The number of urea groups is 1. The van der Waals surface area contributed by atoms with Gasteiger partial charge in [-0.15, -0.1) is 11.8 Å². The second kappa shape index (κ2) is 6.70. The first-order valence-corrected chi connectivity index (χ1v) is 6.67. The Morgan fingerprint density at radius 2 is 2.24 bits per heavy atom. The molecule has 0 aromatic carbocycles. The van der Waals surface area contributed by atoms with Crippen LogP contribution in [0.15, 0.2) is 0 Å². The quantitative estimate of drug-likeness (QED) is 0.687. The smallest absolute Gasteiger partial charge is 0.327 e. The van der Waals surface area contributed by atoms with Crippen molar-refractivity contribution in [3.8, 4) is 0 Å². The largest absolute Gasteiger partial charge is 0.480 e. The molecule has 0 spiro atoms. The topological polar surface area (TPSA) is 72.9 Å². The number of hydrogen-bond acceptors (Lipinski definition) is 4. The van der Waals surface area contributed by atoms with Crippen molar-refractivity contribution in [2.24, 2.45) is 0 Å². The number of thioether (sulfide) groups is 1.